The maximum Gasteiger partial charge on any atom is 0.251 e. The number of hydrogen-bond donors (Lipinski definition) is 2. The van der Waals surface area contributed by atoms with E-state index in [9.17, 15) is 4.79 Å². The Morgan fingerprint density at radius 3 is 2.71 bits per heavy atom. The topological polar surface area (TPSA) is 41.1 Å². The molecule has 1 aliphatic heterocycles. The molecule has 0 radical (unpaired) electrons. The molecule has 2 N–H and O–H groups in total. The van der Waals surface area contributed by atoms with Crippen LogP contribution in [-0.2, 0) is 0 Å². The van der Waals surface area contributed by atoms with Crippen LogP contribution in [0.4, 0.5) is 0 Å². The largest absolute Gasteiger partial charge is 0.348 e. The molecule has 3 nitrogen and oxygen atoms in total. The predicted molar refractivity (Wildman–Crippen MR) is 71.6 cm³/mol. The first-order valence-corrected chi connectivity index (χ1v) is 5.86. The third kappa shape index (κ3) is 3.72. The lowest BCUT2D eigenvalue weighted by atomic mass is 9.99. The van der Waals surface area contributed by atoms with Crippen molar-refractivity contribution in [3.05, 3.63) is 35.9 Å². The van der Waals surface area contributed by atoms with Crippen molar-refractivity contribution in [2.45, 2.75) is 31.8 Å². The molecular formula is C13H19ClN2O. The molecule has 1 fully saturated rings. The van der Waals surface area contributed by atoms with Gasteiger partial charge in [-0.05, 0) is 38.4 Å². The van der Waals surface area contributed by atoms with Crippen LogP contribution in [-0.4, -0.2) is 24.5 Å². The summed E-state index contributed by atoms with van der Waals surface area (Å²) in [5.41, 5.74) is 0.736. The van der Waals surface area contributed by atoms with Crippen molar-refractivity contribution in [1.29, 1.82) is 0 Å². The van der Waals surface area contributed by atoms with Crippen LogP contribution in [0.25, 0.3) is 0 Å². The molecule has 17 heavy (non-hydrogen) atoms. The first kappa shape index (κ1) is 14.0. The van der Waals surface area contributed by atoms with E-state index in [1.165, 1.54) is 0 Å². The molecule has 0 aromatic heterocycles. The summed E-state index contributed by atoms with van der Waals surface area (Å²) in [4.78, 5) is 11.9. The van der Waals surface area contributed by atoms with Gasteiger partial charge in [-0.3, -0.25) is 4.79 Å². The van der Waals surface area contributed by atoms with Crippen LogP contribution < -0.4 is 10.6 Å². The molecule has 4 heteroatoms. The summed E-state index contributed by atoms with van der Waals surface area (Å²) in [5.74, 6) is 0.0288. The van der Waals surface area contributed by atoms with Gasteiger partial charge < -0.3 is 10.6 Å². The number of benzene rings is 1. The van der Waals surface area contributed by atoms with E-state index in [0.717, 1.165) is 24.9 Å². The highest BCUT2D eigenvalue weighted by atomic mass is 35.5. The molecule has 0 bridgehead atoms. The van der Waals surface area contributed by atoms with E-state index in [0.29, 0.717) is 6.04 Å². The third-order valence-electron chi connectivity index (χ3n) is 3.11. The zero-order chi connectivity index (χ0) is 11.4. The van der Waals surface area contributed by atoms with Gasteiger partial charge in [0.1, 0.15) is 0 Å². The van der Waals surface area contributed by atoms with Crippen LogP contribution >= 0.6 is 12.4 Å². The van der Waals surface area contributed by atoms with Gasteiger partial charge in [-0.2, -0.15) is 0 Å². The van der Waals surface area contributed by atoms with Crippen molar-refractivity contribution in [3.8, 4) is 0 Å². The molecule has 2 rings (SSSR count). The summed E-state index contributed by atoms with van der Waals surface area (Å²) in [6.45, 7) is 3.17. The highest BCUT2D eigenvalue weighted by Gasteiger charge is 2.22. The zero-order valence-electron chi connectivity index (χ0n) is 9.98. The van der Waals surface area contributed by atoms with Crippen LogP contribution in [0.3, 0.4) is 0 Å². The molecule has 0 spiro atoms. The van der Waals surface area contributed by atoms with Crippen molar-refractivity contribution >= 4 is 18.3 Å². The average molecular weight is 255 g/mol. The molecule has 2 unspecified atom stereocenters. The van der Waals surface area contributed by atoms with E-state index in [1.807, 2.05) is 30.3 Å². The molecule has 94 valence electrons. The fourth-order valence-electron chi connectivity index (χ4n) is 2.08. The summed E-state index contributed by atoms with van der Waals surface area (Å²) in [6.07, 6.45) is 2.19. The number of hydrogen-bond acceptors (Lipinski definition) is 2. The van der Waals surface area contributed by atoms with Gasteiger partial charge in [0.15, 0.2) is 0 Å². The van der Waals surface area contributed by atoms with Crippen LogP contribution in [0.15, 0.2) is 30.3 Å². The number of amides is 1. The summed E-state index contributed by atoms with van der Waals surface area (Å²) in [6, 6.07) is 9.99. The Morgan fingerprint density at radius 1 is 1.35 bits per heavy atom. The van der Waals surface area contributed by atoms with Gasteiger partial charge in [0.05, 0.1) is 0 Å². The maximum atomic E-state index is 11.9. The van der Waals surface area contributed by atoms with E-state index >= 15 is 0 Å². The highest BCUT2D eigenvalue weighted by molar-refractivity contribution is 5.94. The Bertz CT molecular complexity index is 356. The maximum absolute atomic E-state index is 11.9. The number of halogens is 1. The normalized spacial score (nSPS) is 23.6. The third-order valence-corrected chi connectivity index (χ3v) is 3.11. The van der Waals surface area contributed by atoms with Crippen LogP contribution in [0.1, 0.15) is 30.1 Å². The quantitative estimate of drug-likeness (QED) is 0.848. The molecule has 2 atom stereocenters. The van der Waals surface area contributed by atoms with E-state index in [4.69, 9.17) is 0 Å². The molecule has 1 saturated heterocycles. The molecule has 1 amide bonds. The number of nitrogens with one attached hydrogen (secondary N) is 2. The molecule has 0 saturated carbocycles. The zero-order valence-corrected chi connectivity index (χ0v) is 10.8. The van der Waals surface area contributed by atoms with Gasteiger partial charge in [0.25, 0.3) is 5.91 Å². The minimum Gasteiger partial charge on any atom is -0.348 e. The van der Waals surface area contributed by atoms with E-state index < -0.39 is 0 Å². The standard InChI is InChI=1S/C13H18N2O.ClH/c1-10-12(8-5-9-14-10)15-13(16)11-6-3-2-4-7-11;/h2-4,6-7,10,12,14H,5,8-9H2,1H3,(H,15,16);1H. The molecule has 1 aliphatic rings. The first-order valence-electron chi connectivity index (χ1n) is 5.86. The van der Waals surface area contributed by atoms with Gasteiger partial charge in [0, 0.05) is 17.6 Å². The Labute approximate surface area is 108 Å². The second-order valence-electron chi connectivity index (χ2n) is 4.33. The number of carbonyl (C=O) groups is 1. The van der Waals surface area contributed by atoms with E-state index in [1.54, 1.807) is 0 Å². The van der Waals surface area contributed by atoms with Crippen LogP contribution in [0.5, 0.6) is 0 Å². The van der Waals surface area contributed by atoms with Gasteiger partial charge in [0.2, 0.25) is 0 Å². The lowest BCUT2D eigenvalue weighted by Gasteiger charge is -2.30. The van der Waals surface area contributed by atoms with Crippen molar-refractivity contribution in [3.63, 3.8) is 0 Å². The summed E-state index contributed by atoms with van der Waals surface area (Å²) >= 11 is 0. The Hall–Kier alpha value is -1.06. The van der Waals surface area contributed by atoms with Crippen LogP contribution in [0, 0.1) is 0 Å². The predicted octanol–water partition coefficient (Wildman–Crippen LogP) is 1.98. The Morgan fingerprint density at radius 2 is 2.06 bits per heavy atom. The lowest BCUT2D eigenvalue weighted by Crippen LogP contribution is -2.51. The minimum atomic E-state index is 0. The highest BCUT2D eigenvalue weighted by Crippen LogP contribution is 2.09. The lowest BCUT2D eigenvalue weighted by molar-refractivity contribution is 0.0920. The number of piperidine rings is 1. The smallest absolute Gasteiger partial charge is 0.251 e. The van der Waals surface area contributed by atoms with Crippen molar-refractivity contribution in [1.82, 2.24) is 10.6 Å². The molecule has 1 heterocycles. The minimum absolute atomic E-state index is 0. The summed E-state index contributed by atoms with van der Waals surface area (Å²) in [5, 5.41) is 6.46. The molecule has 1 aromatic carbocycles. The van der Waals surface area contributed by atoms with E-state index in [2.05, 4.69) is 17.6 Å². The molecule has 0 aliphatic carbocycles. The van der Waals surface area contributed by atoms with Gasteiger partial charge in [-0.1, -0.05) is 18.2 Å². The van der Waals surface area contributed by atoms with Gasteiger partial charge >= 0.3 is 0 Å². The second-order valence-corrected chi connectivity index (χ2v) is 4.33. The summed E-state index contributed by atoms with van der Waals surface area (Å²) < 4.78 is 0. The van der Waals surface area contributed by atoms with Crippen LogP contribution in [0.2, 0.25) is 0 Å². The van der Waals surface area contributed by atoms with Crippen molar-refractivity contribution < 1.29 is 4.79 Å². The van der Waals surface area contributed by atoms with Gasteiger partial charge in [-0.15, -0.1) is 12.4 Å². The van der Waals surface area contributed by atoms with Crippen molar-refractivity contribution in [2.24, 2.45) is 0 Å². The molecular weight excluding hydrogens is 236 g/mol. The average Bonchev–Trinajstić information content (AvgIpc) is 2.33. The Balaban J connectivity index is 0.00000144. The number of rotatable bonds is 2. The van der Waals surface area contributed by atoms with E-state index in [-0.39, 0.29) is 24.4 Å². The molecule has 1 aromatic rings. The first-order chi connectivity index (χ1) is 7.77. The number of carbonyl (C=O) groups excluding carboxylic acids is 1. The Kier molecular flexibility index (Phi) is 5.45. The van der Waals surface area contributed by atoms with Crippen molar-refractivity contribution in [2.75, 3.05) is 6.54 Å². The second kappa shape index (κ2) is 6.62. The fraction of sp³-hybridized carbons (Fsp3) is 0.462. The summed E-state index contributed by atoms with van der Waals surface area (Å²) in [7, 11) is 0. The SMILES string of the molecule is CC1NCCCC1NC(=O)c1ccccc1.Cl. The fourth-order valence-corrected chi connectivity index (χ4v) is 2.08. The van der Waals surface area contributed by atoms with Gasteiger partial charge in [-0.25, -0.2) is 0 Å². The monoisotopic (exact) mass is 254 g/mol.